The number of rotatable bonds is 8. The largest absolute Gasteiger partial charge is 0.496 e. The summed E-state index contributed by atoms with van der Waals surface area (Å²) in [6.45, 7) is 2.10. The van der Waals surface area contributed by atoms with E-state index >= 15 is 0 Å². The van der Waals surface area contributed by atoms with Gasteiger partial charge in [0.15, 0.2) is 0 Å². The Labute approximate surface area is 225 Å². The predicted octanol–water partition coefficient (Wildman–Crippen LogP) is 6.36. The summed E-state index contributed by atoms with van der Waals surface area (Å²) in [7, 11) is 1.56. The summed E-state index contributed by atoms with van der Waals surface area (Å²) >= 11 is 0. The fourth-order valence-electron chi connectivity index (χ4n) is 4.56. The molecule has 1 atom stereocenters. The van der Waals surface area contributed by atoms with Gasteiger partial charge in [-0.15, -0.1) is 0 Å². The molecule has 0 unspecified atom stereocenters. The maximum Gasteiger partial charge on any atom is 0.341 e. The lowest BCUT2D eigenvalue weighted by Gasteiger charge is -2.38. The van der Waals surface area contributed by atoms with Gasteiger partial charge in [-0.25, -0.2) is 9.18 Å². The highest BCUT2D eigenvalue weighted by atomic mass is 19.1. The van der Waals surface area contributed by atoms with Crippen LogP contribution in [0.15, 0.2) is 91.0 Å². The van der Waals surface area contributed by atoms with Gasteiger partial charge in [0.2, 0.25) is 0 Å². The fourth-order valence-corrected chi connectivity index (χ4v) is 4.56. The number of benzene rings is 4. The Kier molecular flexibility index (Phi) is 7.45. The molecule has 7 nitrogen and oxygen atoms in total. The van der Waals surface area contributed by atoms with Crippen molar-refractivity contribution in [2.45, 2.75) is 19.7 Å². The van der Waals surface area contributed by atoms with E-state index in [4.69, 9.17) is 14.2 Å². The van der Waals surface area contributed by atoms with Gasteiger partial charge in [0.1, 0.15) is 35.7 Å². The average Bonchev–Trinajstić information content (AvgIpc) is 2.97. The van der Waals surface area contributed by atoms with Gasteiger partial charge in [-0.2, -0.15) is 0 Å². The number of para-hydroxylation sites is 2. The normalized spacial score (nSPS) is 14.3. The van der Waals surface area contributed by atoms with E-state index in [1.54, 1.807) is 73.5 Å². The van der Waals surface area contributed by atoms with Gasteiger partial charge in [0.25, 0.3) is 5.91 Å². The number of anilines is 2. The summed E-state index contributed by atoms with van der Waals surface area (Å²) in [5.41, 5.74) is 3.56. The Bertz CT molecular complexity index is 1510. The van der Waals surface area contributed by atoms with Crippen molar-refractivity contribution in [2.75, 3.05) is 23.9 Å². The molecular weight excluding hydrogens is 499 g/mol. The molecule has 0 radical (unpaired) electrons. The minimum absolute atomic E-state index is 0.0984. The molecule has 8 heteroatoms. The van der Waals surface area contributed by atoms with Crippen LogP contribution in [0.5, 0.6) is 11.5 Å². The number of methoxy groups -OCH3 is 1. The lowest BCUT2D eigenvalue weighted by molar-refractivity contribution is 0.0521. The molecule has 0 saturated heterocycles. The van der Waals surface area contributed by atoms with Gasteiger partial charge in [0, 0.05) is 16.9 Å². The summed E-state index contributed by atoms with van der Waals surface area (Å²) in [4.78, 5) is 27.6. The van der Waals surface area contributed by atoms with E-state index in [2.05, 4.69) is 5.32 Å². The molecule has 39 heavy (non-hydrogen) atoms. The van der Waals surface area contributed by atoms with E-state index in [-0.39, 0.29) is 24.9 Å². The number of carbonyl (C=O) groups excluding carboxylic acids is 2. The number of halogens is 1. The van der Waals surface area contributed by atoms with Crippen LogP contribution >= 0.6 is 0 Å². The first-order valence-corrected chi connectivity index (χ1v) is 12.5. The summed E-state index contributed by atoms with van der Waals surface area (Å²) in [5.74, 6) is -0.0927. The third kappa shape index (κ3) is 5.27. The monoisotopic (exact) mass is 526 g/mol. The standard InChI is InChI=1S/C31H27FN2O5/c1-3-38-31(36)25-9-5-7-11-28(25)39-19-21-18-20(12-17-27(21)37-2)29-33-26-10-6-4-8-24(26)30(35)34(29)23-15-13-22(32)14-16-23/h4-18,29,33H,3,19H2,1-2H3/t29-/m0/s1. The first-order valence-electron chi connectivity index (χ1n) is 12.5. The van der Waals surface area contributed by atoms with Crippen LogP contribution in [-0.2, 0) is 11.3 Å². The smallest absolute Gasteiger partial charge is 0.341 e. The summed E-state index contributed by atoms with van der Waals surface area (Å²) < 4.78 is 30.5. The van der Waals surface area contributed by atoms with E-state index in [0.717, 1.165) is 5.56 Å². The molecular formula is C31H27FN2O5. The highest BCUT2D eigenvalue weighted by Gasteiger charge is 2.34. The van der Waals surface area contributed by atoms with E-state index in [1.165, 1.54) is 12.1 Å². The van der Waals surface area contributed by atoms with Gasteiger partial charge in [-0.3, -0.25) is 9.69 Å². The first-order chi connectivity index (χ1) is 19.0. The topological polar surface area (TPSA) is 77.1 Å². The number of carbonyl (C=O) groups is 2. The SMILES string of the molecule is CCOC(=O)c1ccccc1OCc1cc([C@H]2Nc3ccccc3C(=O)N2c2ccc(F)cc2)ccc1OC. The lowest BCUT2D eigenvalue weighted by atomic mass is 10.0. The zero-order valence-corrected chi connectivity index (χ0v) is 21.5. The number of fused-ring (bicyclic) bond motifs is 1. The van der Waals surface area contributed by atoms with Gasteiger partial charge in [0.05, 0.1) is 19.3 Å². The zero-order valence-electron chi connectivity index (χ0n) is 21.5. The second-order valence-corrected chi connectivity index (χ2v) is 8.82. The van der Waals surface area contributed by atoms with Crippen LogP contribution in [0.1, 0.15) is 44.9 Å². The molecule has 1 aliphatic heterocycles. The Morgan fingerprint density at radius 1 is 0.949 bits per heavy atom. The van der Waals surface area contributed by atoms with Crippen LogP contribution in [0.4, 0.5) is 15.8 Å². The molecule has 0 aliphatic carbocycles. The van der Waals surface area contributed by atoms with Gasteiger partial charge >= 0.3 is 5.97 Å². The van der Waals surface area contributed by atoms with E-state index in [9.17, 15) is 14.0 Å². The predicted molar refractivity (Wildman–Crippen MR) is 146 cm³/mol. The summed E-state index contributed by atoms with van der Waals surface area (Å²) in [5, 5.41) is 3.45. The number of nitrogens with zero attached hydrogens (tertiary/aromatic N) is 1. The molecule has 4 aromatic carbocycles. The third-order valence-electron chi connectivity index (χ3n) is 6.42. The third-order valence-corrected chi connectivity index (χ3v) is 6.42. The molecule has 198 valence electrons. The molecule has 0 bridgehead atoms. The molecule has 0 aromatic heterocycles. The van der Waals surface area contributed by atoms with Crippen molar-refractivity contribution >= 4 is 23.3 Å². The maximum atomic E-state index is 13.7. The van der Waals surface area contributed by atoms with Crippen LogP contribution in [0.3, 0.4) is 0 Å². The van der Waals surface area contributed by atoms with Crippen LogP contribution in [-0.4, -0.2) is 25.6 Å². The van der Waals surface area contributed by atoms with Crippen molar-refractivity contribution in [3.63, 3.8) is 0 Å². The number of nitrogens with one attached hydrogen (secondary N) is 1. The highest BCUT2D eigenvalue weighted by Crippen LogP contribution is 2.38. The average molecular weight is 527 g/mol. The minimum atomic E-state index is -0.589. The lowest BCUT2D eigenvalue weighted by Crippen LogP contribution is -2.43. The molecule has 5 rings (SSSR count). The van der Waals surface area contributed by atoms with Crippen LogP contribution < -0.4 is 19.7 Å². The van der Waals surface area contributed by atoms with Crippen molar-refractivity contribution in [3.8, 4) is 11.5 Å². The first kappa shape index (κ1) is 25.8. The second-order valence-electron chi connectivity index (χ2n) is 8.82. The molecule has 4 aromatic rings. The summed E-state index contributed by atoms with van der Waals surface area (Å²) in [6, 6.07) is 25.5. The van der Waals surface area contributed by atoms with Crippen molar-refractivity contribution in [1.29, 1.82) is 0 Å². The number of amides is 1. The molecule has 0 saturated carbocycles. The fraction of sp³-hybridized carbons (Fsp3) is 0.161. The number of hydrogen-bond acceptors (Lipinski definition) is 6. The van der Waals surface area contributed by atoms with Gasteiger partial charge < -0.3 is 19.5 Å². The van der Waals surface area contributed by atoms with E-state index in [1.807, 2.05) is 24.3 Å². The van der Waals surface area contributed by atoms with E-state index < -0.39 is 12.1 Å². The summed E-state index contributed by atoms with van der Waals surface area (Å²) in [6.07, 6.45) is -0.589. The van der Waals surface area contributed by atoms with E-state index in [0.29, 0.717) is 39.6 Å². The molecule has 1 heterocycles. The molecule has 0 spiro atoms. The number of hydrogen-bond donors (Lipinski definition) is 1. The maximum absolute atomic E-state index is 13.7. The number of ether oxygens (including phenoxy) is 3. The van der Waals surface area contributed by atoms with Crippen molar-refractivity contribution in [1.82, 2.24) is 0 Å². The Morgan fingerprint density at radius 2 is 1.69 bits per heavy atom. The number of esters is 1. The van der Waals surface area contributed by atoms with Crippen LogP contribution in [0, 0.1) is 5.82 Å². The van der Waals surface area contributed by atoms with Gasteiger partial charge in [-0.1, -0.05) is 30.3 Å². The molecule has 0 fully saturated rings. The van der Waals surface area contributed by atoms with Crippen molar-refractivity contribution < 1.29 is 28.2 Å². The Hall–Kier alpha value is -4.85. The quantitative estimate of drug-likeness (QED) is 0.269. The minimum Gasteiger partial charge on any atom is -0.496 e. The molecule has 1 N–H and O–H groups in total. The van der Waals surface area contributed by atoms with Gasteiger partial charge in [-0.05, 0) is 73.2 Å². The Balaban J connectivity index is 1.50. The van der Waals surface area contributed by atoms with Crippen LogP contribution in [0.25, 0.3) is 0 Å². The second kappa shape index (κ2) is 11.3. The molecule has 1 aliphatic rings. The zero-order chi connectivity index (χ0) is 27.4. The van der Waals surface area contributed by atoms with Crippen LogP contribution in [0.2, 0.25) is 0 Å². The molecule has 1 amide bonds. The van der Waals surface area contributed by atoms with Crippen molar-refractivity contribution in [2.24, 2.45) is 0 Å². The van der Waals surface area contributed by atoms with Crippen molar-refractivity contribution in [3.05, 3.63) is 119 Å². The highest BCUT2D eigenvalue weighted by molar-refractivity contribution is 6.12. The Morgan fingerprint density at radius 3 is 2.46 bits per heavy atom.